The van der Waals surface area contributed by atoms with E-state index in [4.69, 9.17) is 22.6 Å². The molecule has 24 N–H and O–H groups in total. The number of hydrogen-bond acceptors (Lipinski definition) is 23. The highest BCUT2D eigenvalue weighted by molar-refractivity contribution is 8.00. The number of phenols is 1. The number of aromatic hydroxyl groups is 1. The number of para-hydroxylation sites is 2. The van der Waals surface area contributed by atoms with E-state index in [0.717, 1.165) is 63.5 Å². The third-order valence-corrected chi connectivity index (χ3v) is 28.2. The summed E-state index contributed by atoms with van der Waals surface area (Å²) in [6, 6.07) is -1.94. The molecule has 3 aromatic carbocycles. The normalized spacial score (nSPS) is 23.7. The highest BCUT2D eigenvalue weighted by Crippen LogP contribution is 2.29. The maximum Gasteiger partial charge on any atom is 0.246 e. The summed E-state index contributed by atoms with van der Waals surface area (Å²) < 4.78 is 0. The third kappa shape index (κ3) is 36.8. The van der Waals surface area contributed by atoms with Gasteiger partial charge in [-0.3, -0.25) is 86.9 Å². The summed E-state index contributed by atoms with van der Waals surface area (Å²) in [6.07, 6.45) is 14.3. The summed E-state index contributed by atoms with van der Waals surface area (Å²) in [5.74, 6) is -17.3. The molecule has 5 heterocycles. The van der Waals surface area contributed by atoms with Crippen molar-refractivity contribution in [3.8, 4) is 5.75 Å². The minimum atomic E-state index is -1.89. The first-order valence-electron chi connectivity index (χ1n) is 51.8. The smallest absolute Gasteiger partial charge is 0.246 e. The molecule has 0 saturated carbocycles. The molecular formula is C103H157N23O20S. The quantitative estimate of drug-likeness (QED) is 0.0151. The number of carbonyl (C=O) groups is 17. The molecule has 147 heavy (non-hydrogen) atoms. The second kappa shape index (κ2) is 61.0. The number of benzene rings is 3. The zero-order valence-electron chi connectivity index (χ0n) is 86.3. The number of carbonyl (C=O) groups excluding carboxylic acids is 17. The maximum atomic E-state index is 15.9. The maximum absolute atomic E-state index is 15.9. The number of guanidine groups is 1. The van der Waals surface area contributed by atoms with Crippen molar-refractivity contribution in [1.82, 2.24) is 98.3 Å². The highest BCUT2D eigenvalue weighted by Gasteiger charge is 2.47. The van der Waals surface area contributed by atoms with Crippen LogP contribution in [0.5, 0.6) is 5.75 Å². The molecule has 15 atom stereocenters. The Hall–Kier alpha value is -13.0. The number of fused-ring (bicyclic) bond motifs is 4. The number of aliphatic hydroxyl groups excluding tert-OH is 2. The number of nitrogens with two attached hydrogens (primary N) is 3. The second-order valence-corrected chi connectivity index (χ2v) is 40.1. The molecule has 3 aliphatic heterocycles. The van der Waals surface area contributed by atoms with Gasteiger partial charge in [-0.15, -0.1) is 11.8 Å². The Labute approximate surface area is 863 Å². The topological polar surface area (TPSA) is 645 Å². The number of likely N-dealkylation sites (N-methyl/N-ethyl adjacent to an activating group) is 3. The van der Waals surface area contributed by atoms with E-state index in [1.165, 1.54) is 95.8 Å². The first-order valence-corrected chi connectivity index (χ1v) is 53.0. The van der Waals surface area contributed by atoms with Crippen molar-refractivity contribution in [2.45, 2.75) is 318 Å². The third-order valence-electron chi connectivity index (χ3n) is 27.1. The van der Waals surface area contributed by atoms with E-state index >= 15 is 43.2 Å². The Morgan fingerprint density at radius 1 is 0.497 bits per heavy atom. The minimum Gasteiger partial charge on any atom is -0.508 e. The van der Waals surface area contributed by atoms with Gasteiger partial charge < -0.3 is 131 Å². The van der Waals surface area contributed by atoms with Gasteiger partial charge in [0.1, 0.15) is 90.3 Å². The summed E-state index contributed by atoms with van der Waals surface area (Å²) in [7, 11) is 3.96. The van der Waals surface area contributed by atoms with Crippen LogP contribution < -0.4 is 81.0 Å². The van der Waals surface area contributed by atoms with Gasteiger partial charge in [0.15, 0.2) is 5.96 Å². The minimum absolute atomic E-state index is 0.00444. The van der Waals surface area contributed by atoms with E-state index in [-0.39, 0.29) is 108 Å². The Morgan fingerprint density at radius 3 is 1.59 bits per heavy atom. The fraction of sp³-hybridized carbons (Fsp3) is 0.612. The van der Waals surface area contributed by atoms with Gasteiger partial charge in [0.2, 0.25) is 100 Å². The van der Waals surface area contributed by atoms with Crippen LogP contribution in [0, 0.1) is 11.3 Å². The van der Waals surface area contributed by atoms with Gasteiger partial charge in [0.25, 0.3) is 0 Å². The largest absolute Gasteiger partial charge is 0.508 e. The van der Waals surface area contributed by atoms with Crippen LogP contribution in [0.2, 0.25) is 0 Å². The summed E-state index contributed by atoms with van der Waals surface area (Å²) in [5, 5.41) is 74.7. The van der Waals surface area contributed by atoms with Crippen molar-refractivity contribution in [2.24, 2.45) is 23.1 Å². The number of hydrogen-bond donors (Lipinski definition) is 21. The van der Waals surface area contributed by atoms with Gasteiger partial charge in [0, 0.05) is 113 Å². The first-order chi connectivity index (χ1) is 70.3. The Morgan fingerprint density at radius 2 is 0.993 bits per heavy atom. The predicted molar refractivity (Wildman–Crippen MR) is 556 cm³/mol. The molecular weight excluding hydrogens is 1910 g/mol. The van der Waals surface area contributed by atoms with Crippen LogP contribution in [0.15, 0.2) is 85.2 Å². The van der Waals surface area contributed by atoms with Crippen molar-refractivity contribution in [2.75, 3.05) is 78.5 Å². The van der Waals surface area contributed by atoms with Crippen molar-refractivity contribution < 1.29 is 96.8 Å². The van der Waals surface area contributed by atoms with E-state index in [9.17, 15) is 53.7 Å². The Bertz CT molecular complexity index is 5250. The van der Waals surface area contributed by atoms with Crippen molar-refractivity contribution in [3.63, 3.8) is 0 Å². The van der Waals surface area contributed by atoms with Crippen molar-refractivity contribution >= 4 is 140 Å². The van der Waals surface area contributed by atoms with Gasteiger partial charge in [-0.25, -0.2) is 0 Å². The number of primary amides is 1. The molecule has 0 spiro atoms. The van der Waals surface area contributed by atoms with Crippen LogP contribution >= 0.6 is 11.8 Å². The van der Waals surface area contributed by atoms with Crippen LogP contribution in [-0.2, 0) is 101 Å². The lowest BCUT2D eigenvalue weighted by Crippen LogP contribution is -2.62. The first kappa shape index (κ1) is 119. The molecule has 0 aliphatic carbocycles. The van der Waals surface area contributed by atoms with Crippen molar-refractivity contribution in [1.29, 1.82) is 5.41 Å². The van der Waals surface area contributed by atoms with Crippen molar-refractivity contribution in [3.05, 3.63) is 102 Å². The standard InChI is InChI=1S/C103H157N23O20S/c1-10-13-16-17-18-19-20-21-22-23-24-29-46-108-87(131)57-112-90(134)81-60-147-61-88(132)113-77(50-64-40-42-67(128)43-41-64)98(142)122(7)63(6)89(133)117-79(54-86(105)130)100(144)125-48-31-39-83(125)96(140)115-74(44-45-104)92(136)118-76(49-62(4)5)101(145)126-58-68(129)53-85(126)97(141)116-75(51-65-55-110-71-34-27-25-32-69(65)71)93(137)120-80(59-127)94(138)119-78(52-66-56-111-72-35-28-26-33-70(66)72)99(143)124(9)84(38-15-12-3)102(146)123(8)82(37-14-11-2)95(139)114-73(91(135)121-81)36-30-47-109-103(106)107/h25-28,32-35,40-43,55-56,62-63,68,73-85,110-111,127-129H,10-24,29-31,36-39,44-54,57-61,104H2,1-9H3,(H2,105,130)(H,108,131)(H,112,134)(H,113,132)(H,114,139)(H,115,140)(H,116,141)(H,117,133)(H,118,136)(H,119,138)(H,120,137)(H,121,135)(H4,106,107,109)/t63-,68+,73-,74-,75-,76-,77-,78-,79-,80-,81-,82-,83-,84-,85-/m0/s1. The molecule has 3 fully saturated rings. The predicted octanol–water partition coefficient (Wildman–Crippen LogP) is 1.79. The molecule has 3 saturated heterocycles. The molecule has 2 aromatic heterocycles. The number of nitrogens with zero attached hydrogens (tertiary/aromatic N) is 5. The highest BCUT2D eigenvalue weighted by atomic mass is 32.2. The summed E-state index contributed by atoms with van der Waals surface area (Å²) in [4.78, 5) is 265. The van der Waals surface area contributed by atoms with Crippen LogP contribution in [0.25, 0.3) is 21.8 Å². The summed E-state index contributed by atoms with van der Waals surface area (Å²) >= 11 is 0.807. The fourth-order valence-corrected chi connectivity index (χ4v) is 19.5. The lowest BCUT2D eigenvalue weighted by Gasteiger charge is -2.36. The van der Waals surface area contributed by atoms with Crippen LogP contribution in [0.3, 0.4) is 0 Å². The monoisotopic (exact) mass is 2070 g/mol. The molecule has 8 rings (SSSR count). The number of rotatable bonds is 39. The molecule has 0 radical (unpaired) electrons. The molecule has 0 unspecified atom stereocenters. The molecule has 0 bridgehead atoms. The van der Waals surface area contributed by atoms with Crippen LogP contribution in [-0.4, -0.2) is 325 Å². The molecule has 44 heteroatoms. The van der Waals surface area contributed by atoms with Crippen LogP contribution in [0.1, 0.15) is 225 Å². The van der Waals surface area contributed by atoms with E-state index in [0.29, 0.717) is 77.1 Å². The van der Waals surface area contributed by atoms with Gasteiger partial charge in [-0.05, 0) is 118 Å². The lowest BCUT2D eigenvalue weighted by atomic mass is 10.00. The number of nitrogens with one attached hydrogen (secondary N) is 15. The van der Waals surface area contributed by atoms with Gasteiger partial charge in [-0.2, -0.15) is 0 Å². The van der Waals surface area contributed by atoms with Gasteiger partial charge in [0.05, 0.1) is 31.4 Å². The Balaban J connectivity index is 1.18. The zero-order valence-corrected chi connectivity index (χ0v) is 87.2. The van der Waals surface area contributed by atoms with Gasteiger partial charge >= 0.3 is 0 Å². The SMILES string of the molecule is CCCCCCCCCCCCCCNC(=O)CNC(=O)[C@@H]1CSCC(=O)N[C@@H](Cc2ccc(O)cc2)C(=O)N(C)[C@@H](C)C(=O)N[C@@H](CC(N)=O)C(=O)N2CCC[C@H]2C(=O)N[C@@H](CCN)C(=O)N[C@@H](CC(C)C)C(=O)N2C[C@H](O)C[C@H]2C(=O)N[C@@H](Cc2c[nH]c3ccccc23)C(=O)N[C@@H](CO)C(=O)N[C@@H](Cc2c[nH]c3ccccc23)C(=O)N(C)[C@@H](CCCC)C(=O)N(C)[C@@H](CCCC)C(=O)N[C@@H](CCCNC(=N)N)C(=O)N1. The number of phenolic OH excluding ortho intramolecular Hbond substituents is 1. The van der Waals surface area contributed by atoms with E-state index in [2.05, 4.69) is 80.7 Å². The van der Waals surface area contributed by atoms with Gasteiger partial charge in [-0.1, -0.05) is 179 Å². The molecule has 810 valence electrons. The fourth-order valence-electron chi connectivity index (χ4n) is 18.6. The number of aromatic amines is 2. The number of amides is 17. The molecule has 43 nitrogen and oxygen atoms in total. The van der Waals surface area contributed by atoms with E-state index in [1.54, 1.807) is 74.8 Å². The number of unbranched alkanes of at least 4 members (excludes halogenated alkanes) is 13. The zero-order chi connectivity index (χ0) is 108. The molecule has 5 aromatic rings. The number of aliphatic hydroxyl groups is 2. The number of thioether (sulfide) groups is 1. The summed E-state index contributed by atoms with van der Waals surface area (Å²) in [6.45, 7) is 8.54. The average molecular weight is 2070 g/mol. The van der Waals surface area contributed by atoms with E-state index in [1.807, 2.05) is 13.8 Å². The average Bonchev–Trinajstić information content (AvgIpc) is 1.70. The Kier molecular flexibility index (Phi) is 49.5. The molecule has 17 amide bonds. The number of aromatic nitrogens is 2. The summed E-state index contributed by atoms with van der Waals surface area (Å²) in [5.41, 5.74) is 20.2. The van der Waals surface area contributed by atoms with E-state index < -0.39 is 235 Å². The van der Waals surface area contributed by atoms with Crippen LogP contribution in [0.4, 0.5) is 0 Å². The molecule has 3 aliphatic rings. The lowest BCUT2D eigenvalue weighted by molar-refractivity contribution is -0.149. The number of H-pyrrole nitrogens is 2. The second-order valence-electron chi connectivity index (χ2n) is 39.0.